The first-order valence-electron chi connectivity index (χ1n) is 13.0. The van der Waals surface area contributed by atoms with Crippen LogP contribution in [0.15, 0.2) is 70.4 Å². The summed E-state index contributed by atoms with van der Waals surface area (Å²) in [6.07, 6.45) is 4.78. The van der Waals surface area contributed by atoms with Crippen LogP contribution in [0.25, 0.3) is 44.8 Å². The number of aryl methyl sites for hydroxylation is 4. The van der Waals surface area contributed by atoms with Gasteiger partial charge in [0.15, 0.2) is 5.69 Å². The minimum atomic E-state index is -0.458. The third kappa shape index (κ3) is 4.50. The molecule has 0 bridgehead atoms. The molecular formula is C30H26FN7O3. The van der Waals surface area contributed by atoms with Crippen LogP contribution in [-0.2, 0) is 13.6 Å². The molecule has 10 nitrogen and oxygen atoms in total. The Morgan fingerprint density at radius 3 is 2.61 bits per heavy atom. The van der Waals surface area contributed by atoms with Crippen LogP contribution in [0.5, 0.6) is 0 Å². The second-order valence-electron chi connectivity index (χ2n) is 9.67. The molecule has 0 radical (unpaired) electrons. The molecule has 0 saturated carbocycles. The average molecular weight is 552 g/mol. The summed E-state index contributed by atoms with van der Waals surface area (Å²) in [5.41, 5.74) is 4.60. The third-order valence-corrected chi connectivity index (χ3v) is 6.95. The Hall–Kier alpha value is -5.32. The molecule has 1 aromatic carbocycles. The zero-order chi connectivity index (χ0) is 28.8. The zero-order valence-electron chi connectivity index (χ0n) is 22.8. The van der Waals surface area contributed by atoms with Crippen molar-refractivity contribution >= 4 is 22.5 Å². The first-order valence-corrected chi connectivity index (χ1v) is 13.0. The van der Waals surface area contributed by atoms with E-state index in [0.717, 1.165) is 11.1 Å². The van der Waals surface area contributed by atoms with Crippen molar-refractivity contribution in [2.24, 2.45) is 7.05 Å². The Balaban J connectivity index is 1.39. The lowest BCUT2D eigenvalue weighted by molar-refractivity contribution is 0.102. The molecule has 1 amide bonds. The number of nitrogens with zero attached hydrogens (tertiary/aromatic N) is 5. The van der Waals surface area contributed by atoms with Crippen LogP contribution in [0.2, 0.25) is 0 Å². The van der Waals surface area contributed by atoms with E-state index < -0.39 is 11.7 Å². The smallest absolute Gasteiger partial charge is 0.290 e. The van der Waals surface area contributed by atoms with Crippen LogP contribution in [-0.4, -0.2) is 35.1 Å². The number of nitrogens with one attached hydrogen (secondary N) is 2. The van der Waals surface area contributed by atoms with Gasteiger partial charge >= 0.3 is 0 Å². The number of carbonyl (C=O) groups excluding carboxylic acids is 1. The molecule has 0 saturated heterocycles. The summed E-state index contributed by atoms with van der Waals surface area (Å²) in [4.78, 5) is 42.3. The van der Waals surface area contributed by atoms with Crippen molar-refractivity contribution in [2.75, 3.05) is 5.32 Å². The van der Waals surface area contributed by atoms with Crippen LogP contribution < -0.4 is 10.9 Å². The molecule has 41 heavy (non-hydrogen) atoms. The van der Waals surface area contributed by atoms with Gasteiger partial charge in [-0.2, -0.15) is 4.74 Å². The van der Waals surface area contributed by atoms with Crippen LogP contribution in [0, 0.1) is 19.7 Å². The zero-order valence-corrected chi connectivity index (χ0v) is 22.8. The molecule has 0 aliphatic carbocycles. The van der Waals surface area contributed by atoms with Gasteiger partial charge in [0.2, 0.25) is 0 Å². The lowest BCUT2D eigenvalue weighted by Gasteiger charge is -2.12. The molecule has 0 fully saturated rings. The number of fused-ring (bicyclic) bond motifs is 1. The highest BCUT2D eigenvalue weighted by atomic mass is 19.1. The molecular weight excluding hydrogens is 525 g/mol. The number of anilines is 1. The minimum Gasteiger partial charge on any atom is -0.381 e. The molecule has 0 aliphatic rings. The van der Waals surface area contributed by atoms with E-state index >= 15 is 0 Å². The summed E-state index contributed by atoms with van der Waals surface area (Å²) in [6, 6.07) is 11.9. The summed E-state index contributed by atoms with van der Waals surface area (Å²) >= 11 is 0. The van der Waals surface area contributed by atoms with Crippen LogP contribution in [0.4, 0.5) is 10.1 Å². The van der Waals surface area contributed by atoms with E-state index in [-0.39, 0.29) is 16.8 Å². The van der Waals surface area contributed by atoms with Crippen LogP contribution in [0.3, 0.4) is 0 Å². The maximum atomic E-state index is 14.5. The van der Waals surface area contributed by atoms with E-state index in [2.05, 4.69) is 25.3 Å². The van der Waals surface area contributed by atoms with Crippen LogP contribution in [0.1, 0.15) is 28.9 Å². The van der Waals surface area contributed by atoms with E-state index in [4.69, 9.17) is 4.52 Å². The molecule has 5 aromatic heterocycles. The number of hydrogen-bond donors (Lipinski definition) is 2. The molecule has 2 N–H and O–H groups in total. The Kier molecular flexibility index (Phi) is 6.33. The predicted octanol–water partition coefficient (Wildman–Crippen LogP) is 5.48. The van der Waals surface area contributed by atoms with E-state index in [9.17, 15) is 14.0 Å². The monoisotopic (exact) mass is 551 g/mol. The van der Waals surface area contributed by atoms with Gasteiger partial charge in [0.05, 0.1) is 28.0 Å². The number of pyridine rings is 2. The molecule has 0 atom stereocenters. The third-order valence-electron chi connectivity index (χ3n) is 6.95. The highest BCUT2D eigenvalue weighted by Gasteiger charge is 2.22. The van der Waals surface area contributed by atoms with E-state index in [1.807, 2.05) is 42.7 Å². The number of benzene rings is 1. The number of aromatic amines is 1. The first-order chi connectivity index (χ1) is 19.7. The molecule has 0 aliphatic heterocycles. The number of aromatic nitrogens is 6. The fraction of sp³-hybridized carbons (Fsp3) is 0.167. The van der Waals surface area contributed by atoms with E-state index in [0.29, 0.717) is 51.8 Å². The number of H-pyrrole nitrogens is 1. The van der Waals surface area contributed by atoms with Gasteiger partial charge in [-0.05, 0) is 57.2 Å². The van der Waals surface area contributed by atoms with E-state index in [1.54, 1.807) is 26.4 Å². The maximum absolute atomic E-state index is 14.5. The van der Waals surface area contributed by atoms with Gasteiger partial charge in [-0.15, -0.1) is 0 Å². The number of amides is 1. The van der Waals surface area contributed by atoms with Crippen molar-refractivity contribution < 1.29 is 13.7 Å². The second-order valence-corrected chi connectivity index (χ2v) is 9.67. The summed E-state index contributed by atoms with van der Waals surface area (Å²) in [6.45, 7) is 6.10. The van der Waals surface area contributed by atoms with Gasteiger partial charge in [0.25, 0.3) is 11.5 Å². The number of imidazole rings is 1. The van der Waals surface area contributed by atoms with Crippen molar-refractivity contribution in [1.82, 2.24) is 29.2 Å². The van der Waals surface area contributed by atoms with Crippen LogP contribution >= 0.6 is 0 Å². The average Bonchev–Trinajstić information content (AvgIpc) is 3.67. The highest BCUT2D eigenvalue weighted by Crippen LogP contribution is 2.31. The molecule has 206 valence electrons. The fourth-order valence-electron chi connectivity index (χ4n) is 5.14. The van der Waals surface area contributed by atoms with Gasteiger partial charge in [0, 0.05) is 54.5 Å². The van der Waals surface area contributed by atoms with Crippen molar-refractivity contribution in [3.05, 3.63) is 94.4 Å². The number of halogens is 1. The molecule has 0 unspecified atom stereocenters. The molecule has 6 aromatic rings. The number of carbonyl (C=O) groups is 1. The standard InChI is InChI=1S/C30H26FN7O3/c1-5-38-24(23-9-6-18(15-34-23)25-17(3)41-37(4)30(25)40)13-19-12-16(2)35-26(27(19)38)29(39)36-20-7-8-22(31)21(14-20)28-32-10-11-33-28/h6-15H,5H2,1-4H3,(H,32,33)(H,36,39). The van der Waals surface area contributed by atoms with Crippen molar-refractivity contribution in [2.45, 2.75) is 27.3 Å². The van der Waals surface area contributed by atoms with Crippen molar-refractivity contribution in [3.8, 4) is 33.9 Å². The van der Waals surface area contributed by atoms with E-state index in [1.165, 1.54) is 29.1 Å². The Bertz CT molecular complexity index is 1980. The highest BCUT2D eigenvalue weighted by molar-refractivity contribution is 6.11. The Morgan fingerprint density at radius 1 is 1.12 bits per heavy atom. The first kappa shape index (κ1) is 25.9. The van der Waals surface area contributed by atoms with Gasteiger partial charge < -0.3 is 19.4 Å². The van der Waals surface area contributed by atoms with Gasteiger partial charge in [0.1, 0.15) is 17.4 Å². The van der Waals surface area contributed by atoms with Crippen molar-refractivity contribution in [3.63, 3.8) is 0 Å². The largest absolute Gasteiger partial charge is 0.381 e. The molecule has 0 spiro atoms. The van der Waals surface area contributed by atoms with Crippen molar-refractivity contribution in [1.29, 1.82) is 0 Å². The molecule has 11 heteroatoms. The minimum absolute atomic E-state index is 0.227. The summed E-state index contributed by atoms with van der Waals surface area (Å²) in [5, 5.41) is 3.70. The van der Waals surface area contributed by atoms with Gasteiger partial charge in [-0.3, -0.25) is 14.6 Å². The second kappa shape index (κ2) is 10.0. The Morgan fingerprint density at radius 2 is 1.95 bits per heavy atom. The summed E-state index contributed by atoms with van der Waals surface area (Å²) in [5.74, 6) is -0.00433. The maximum Gasteiger partial charge on any atom is 0.290 e. The molecule has 5 heterocycles. The predicted molar refractivity (Wildman–Crippen MR) is 153 cm³/mol. The topological polar surface area (TPSA) is 124 Å². The summed E-state index contributed by atoms with van der Waals surface area (Å²) in [7, 11) is 1.57. The lowest BCUT2D eigenvalue weighted by Crippen LogP contribution is -2.16. The number of hydrogen-bond acceptors (Lipinski definition) is 6. The Labute approximate surface area is 233 Å². The lowest BCUT2D eigenvalue weighted by atomic mass is 10.1. The quantitative estimate of drug-likeness (QED) is 0.283. The SMILES string of the molecule is CCn1c(-c2ccc(-c3c(C)on(C)c3=O)cn2)cc2cc(C)nc(C(=O)Nc3ccc(F)c(-c4ncc[nH]4)c3)c21. The number of rotatable bonds is 6. The van der Waals surface area contributed by atoms with Gasteiger partial charge in [-0.1, -0.05) is 6.07 Å². The molecule has 6 rings (SSSR count). The fourth-order valence-corrected chi connectivity index (χ4v) is 5.14. The van der Waals surface area contributed by atoms with Gasteiger partial charge in [-0.25, -0.2) is 14.4 Å². The summed E-state index contributed by atoms with van der Waals surface area (Å²) < 4.78 is 23.1. The normalized spacial score (nSPS) is 11.3.